The third-order valence-corrected chi connectivity index (χ3v) is 2.59. The average Bonchev–Trinajstić information content (AvgIpc) is 2.26. The van der Waals surface area contributed by atoms with Crippen molar-refractivity contribution in [1.29, 1.82) is 0 Å². The molecule has 1 rings (SSSR count). The zero-order chi connectivity index (χ0) is 14.8. The Morgan fingerprint density at radius 1 is 1.20 bits per heavy atom. The monoisotopic (exact) mass is 342 g/mol. The maximum Gasteiger partial charge on any atom is 1.00 e. The number of halogens is 5. The Balaban J connectivity index is 0.00000361. The van der Waals surface area contributed by atoms with Crippen LogP contribution in [-0.2, 0) is 10.1 Å². The van der Waals surface area contributed by atoms with Gasteiger partial charge in [-0.05, 0) is 18.2 Å². The summed E-state index contributed by atoms with van der Waals surface area (Å²) in [6, 6.07) is 2.73. The Morgan fingerprint density at radius 3 is 2.20 bits per heavy atom. The predicted molar refractivity (Wildman–Crippen MR) is 50.3 cm³/mol. The van der Waals surface area contributed by atoms with E-state index in [4.69, 9.17) is 0 Å². The second-order valence-electron chi connectivity index (χ2n) is 3.12. The van der Waals surface area contributed by atoms with Crippen molar-refractivity contribution < 1.29 is 91.0 Å². The van der Waals surface area contributed by atoms with Crippen molar-refractivity contribution in [1.82, 2.24) is 0 Å². The predicted octanol–water partition coefficient (Wildman–Crippen LogP) is -0.356. The largest absolute Gasteiger partial charge is 1.00 e. The zero-order valence-corrected chi connectivity index (χ0v) is 13.7. The van der Waals surface area contributed by atoms with Gasteiger partial charge in [0.1, 0.15) is 15.9 Å². The smallest absolute Gasteiger partial charge is 0.744 e. The van der Waals surface area contributed by atoms with Crippen LogP contribution in [0.5, 0.6) is 5.75 Å². The van der Waals surface area contributed by atoms with Crippen LogP contribution < -0.4 is 56.1 Å². The van der Waals surface area contributed by atoms with Gasteiger partial charge in [0, 0.05) is 0 Å². The Bertz CT molecular complexity index is 613. The summed E-state index contributed by atoms with van der Waals surface area (Å²) in [5.74, 6) is -4.07. The van der Waals surface area contributed by atoms with Crippen molar-refractivity contribution in [3.05, 3.63) is 36.2 Å². The van der Waals surface area contributed by atoms with E-state index in [0.29, 0.717) is 6.07 Å². The quantitative estimate of drug-likeness (QED) is 0.426. The van der Waals surface area contributed by atoms with Gasteiger partial charge in [0.2, 0.25) is 0 Å². The fourth-order valence-electron chi connectivity index (χ4n) is 0.996. The van der Waals surface area contributed by atoms with Crippen LogP contribution >= 0.6 is 0 Å². The van der Waals surface area contributed by atoms with E-state index in [1.54, 1.807) is 0 Å². The van der Waals surface area contributed by atoms with Crippen LogP contribution in [0, 0.1) is 0 Å². The van der Waals surface area contributed by atoms with Crippen LogP contribution in [0.4, 0.5) is 22.0 Å². The van der Waals surface area contributed by atoms with Crippen molar-refractivity contribution in [2.45, 2.75) is 11.0 Å². The zero-order valence-electron chi connectivity index (χ0n) is 9.74. The van der Waals surface area contributed by atoms with Crippen LogP contribution in [-0.4, -0.2) is 19.1 Å². The molecule has 0 unspecified atom stereocenters. The van der Waals surface area contributed by atoms with Gasteiger partial charge in [-0.15, -0.1) is 0 Å². The molecule has 0 aliphatic rings. The maximum absolute atomic E-state index is 12.8. The summed E-state index contributed by atoms with van der Waals surface area (Å²) in [6.07, 6.45) is -8.26. The molecule has 0 aliphatic carbocycles. The average molecular weight is 342 g/mol. The van der Waals surface area contributed by atoms with E-state index < -0.39 is 38.8 Å². The summed E-state index contributed by atoms with van der Waals surface area (Å²) in [4.78, 5) is -0.925. The van der Waals surface area contributed by atoms with Gasteiger partial charge < -0.3 is 9.29 Å². The van der Waals surface area contributed by atoms with E-state index in [1.807, 2.05) is 0 Å². The normalized spacial score (nSPS) is 11.5. The number of benzene rings is 1. The number of hydrogen-bond acceptors (Lipinski definition) is 4. The number of alkyl halides is 2. The third kappa shape index (κ3) is 5.39. The van der Waals surface area contributed by atoms with Gasteiger partial charge in [0.05, 0.1) is 4.90 Å². The van der Waals surface area contributed by atoms with E-state index in [0.717, 1.165) is 18.2 Å². The summed E-state index contributed by atoms with van der Waals surface area (Å²) in [6.45, 7) is 0. The molecule has 1 aromatic rings. The molecule has 0 fully saturated rings. The minimum atomic E-state index is -4.98. The van der Waals surface area contributed by atoms with E-state index in [2.05, 4.69) is 4.74 Å². The molecule has 0 amide bonds. The summed E-state index contributed by atoms with van der Waals surface area (Å²) in [5.41, 5.74) is 0. The van der Waals surface area contributed by atoms with E-state index in [9.17, 15) is 34.9 Å². The molecule has 0 heterocycles. The summed E-state index contributed by atoms with van der Waals surface area (Å²) in [5, 5.41) is 0. The topological polar surface area (TPSA) is 66.4 Å². The Kier molecular flexibility index (Phi) is 7.27. The van der Waals surface area contributed by atoms with Gasteiger partial charge in [-0.25, -0.2) is 8.42 Å². The molecule has 106 valence electrons. The fraction of sp³-hybridized carbons (Fsp3) is 0.111. The summed E-state index contributed by atoms with van der Waals surface area (Å²) in [7, 11) is -4.95. The Hall–Kier alpha value is -0.0436. The van der Waals surface area contributed by atoms with Gasteiger partial charge in [-0.2, -0.15) is 22.0 Å². The van der Waals surface area contributed by atoms with Crippen molar-refractivity contribution in [3.8, 4) is 5.75 Å². The standard InChI is InChI=1S/C9H5F5O4S.K/c10-7(8(11)12)9(13,14)18-5-2-1-3-6(4-5)19(15,16)17;/h1-4H,(H,15,16,17);/q;+1/p-1. The first-order chi connectivity index (χ1) is 8.54. The summed E-state index contributed by atoms with van der Waals surface area (Å²) < 4.78 is 96.8. The fourth-order valence-corrected chi connectivity index (χ4v) is 1.50. The van der Waals surface area contributed by atoms with Gasteiger partial charge in [-0.3, -0.25) is 0 Å². The number of rotatable bonds is 4. The molecule has 1 aromatic carbocycles. The van der Waals surface area contributed by atoms with E-state index in [1.165, 1.54) is 0 Å². The van der Waals surface area contributed by atoms with Crippen molar-refractivity contribution in [2.75, 3.05) is 0 Å². The molecule has 0 saturated heterocycles. The molecule has 0 aliphatic heterocycles. The second-order valence-corrected chi connectivity index (χ2v) is 4.50. The van der Waals surface area contributed by atoms with Crippen LogP contribution in [0.1, 0.15) is 0 Å². The molecule has 11 heteroatoms. The van der Waals surface area contributed by atoms with Crippen molar-refractivity contribution in [3.63, 3.8) is 0 Å². The molecule has 0 radical (unpaired) electrons. The molecule has 0 saturated carbocycles. The second kappa shape index (κ2) is 7.29. The molecule has 0 spiro atoms. The maximum atomic E-state index is 12.8. The van der Waals surface area contributed by atoms with Gasteiger partial charge >= 0.3 is 63.6 Å². The molecular formula is C9H4F5KO4S. The Morgan fingerprint density at radius 2 is 1.75 bits per heavy atom. The van der Waals surface area contributed by atoms with Crippen LogP contribution in [0.2, 0.25) is 0 Å². The van der Waals surface area contributed by atoms with Gasteiger partial charge in [0.25, 0.3) is 5.83 Å². The minimum absolute atomic E-state index is 0. The first-order valence-electron chi connectivity index (χ1n) is 4.38. The molecule has 0 atom stereocenters. The molecule has 0 bridgehead atoms. The molecule has 4 nitrogen and oxygen atoms in total. The molecule has 0 N–H and O–H groups in total. The van der Waals surface area contributed by atoms with E-state index in [-0.39, 0.29) is 51.4 Å². The number of ether oxygens (including phenoxy) is 1. The molecule has 0 aromatic heterocycles. The first-order valence-corrected chi connectivity index (χ1v) is 5.79. The summed E-state index contributed by atoms with van der Waals surface area (Å²) >= 11 is 0. The van der Waals surface area contributed by atoms with Gasteiger partial charge in [-0.1, -0.05) is 6.07 Å². The van der Waals surface area contributed by atoms with Crippen LogP contribution in [0.3, 0.4) is 0 Å². The van der Waals surface area contributed by atoms with E-state index >= 15 is 0 Å². The Labute approximate surface area is 152 Å². The SMILES string of the molecule is O=S(=O)([O-])c1cccc(OC(F)(F)C(F)=C(F)F)c1.[K+]. The minimum Gasteiger partial charge on any atom is -0.744 e. The number of hydrogen-bond donors (Lipinski definition) is 0. The van der Waals surface area contributed by atoms with Crippen LogP contribution in [0.15, 0.2) is 41.1 Å². The van der Waals surface area contributed by atoms with Gasteiger partial charge in [0.15, 0.2) is 0 Å². The first kappa shape index (κ1) is 20.0. The molecule has 20 heavy (non-hydrogen) atoms. The van der Waals surface area contributed by atoms with Crippen molar-refractivity contribution in [2.24, 2.45) is 0 Å². The third-order valence-electron chi connectivity index (χ3n) is 1.76. The van der Waals surface area contributed by atoms with Crippen molar-refractivity contribution >= 4 is 10.1 Å². The molecular weight excluding hydrogens is 338 g/mol. The van der Waals surface area contributed by atoms with Crippen LogP contribution in [0.25, 0.3) is 0 Å².